The second-order valence-electron chi connectivity index (χ2n) is 8.59. The Balaban J connectivity index is 1.56. The molecular weight excluding hydrogens is 391 g/mol. The molecule has 5 rings (SSSR count). The number of ether oxygens (including phenoxy) is 2. The Kier molecular flexibility index (Phi) is 4.77. The van der Waals surface area contributed by atoms with Gasteiger partial charge in [0.2, 0.25) is 0 Å². The molecule has 1 aromatic carbocycles. The monoisotopic (exact) mass is 416 g/mol. The maximum Gasteiger partial charge on any atom is 0.181 e. The number of hydrogen-bond acceptors (Lipinski definition) is 3. The van der Waals surface area contributed by atoms with E-state index in [1.54, 1.807) is 12.1 Å². The lowest BCUT2D eigenvalue weighted by atomic mass is 9.62. The molecule has 2 fully saturated rings. The zero-order chi connectivity index (χ0) is 21.6. The maximum atomic E-state index is 13.4. The summed E-state index contributed by atoms with van der Waals surface area (Å²) in [5.41, 5.74) is 3.99. The molecule has 2 aromatic rings. The van der Waals surface area contributed by atoms with E-state index in [4.69, 9.17) is 9.47 Å². The Morgan fingerprint density at radius 3 is 2.42 bits per heavy atom. The number of halogens is 1. The van der Waals surface area contributed by atoms with E-state index in [9.17, 15) is 4.39 Å². The number of benzene rings is 1. The van der Waals surface area contributed by atoms with Gasteiger partial charge in [-0.25, -0.2) is 9.07 Å². The van der Waals surface area contributed by atoms with Gasteiger partial charge in [0.15, 0.2) is 18.0 Å². The summed E-state index contributed by atoms with van der Waals surface area (Å²) in [6.45, 7) is 5.86. The van der Waals surface area contributed by atoms with E-state index in [0.717, 1.165) is 42.6 Å². The van der Waals surface area contributed by atoms with Gasteiger partial charge >= 0.3 is 0 Å². The third kappa shape index (κ3) is 3.04. The highest BCUT2D eigenvalue weighted by Crippen LogP contribution is 2.58. The van der Waals surface area contributed by atoms with Gasteiger partial charge in [0.05, 0.1) is 17.6 Å². The molecule has 4 nitrogen and oxygen atoms in total. The van der Waals surface area contributed by atoms with Gasteiger partial charge in [-0.15, -0.1) is 11.8 Å². The van der Waals surface area contributed by atoms with Crippen LogP contribution in [0.5, 0.6) is 0 Å². The summed E-state index contributed by atoms with van der Waals surface area (Å²) in [6.07, 6.45) is 6.95. The summed E-state index contributed by atoms with van der Waals surface area (Å²) in [7, 11) is 0. The standard InChI is InChI=1S/C26H25FN2O2/c1-4-7-23-24(8-5-2)31-26(30-23)14-6-9-19-15-22-18(16-25(19,26)3)17-28-29(22)21-12-10-20(27)11-13-21/h10-13,15,17,23-24H,6,9,14,16H2,1-3H3/t23-,24+,25-,26?/m0/s1. The average molecular weight is 416 g/mol. The molecule has 1 saturated carbocycles. The third-order valence-corrected chi connectivity index (χ3v) is 6.80. The first kappa shape index (κ1) is 20.1. The Labute approximate surface area is 182 Å². The third-order valence-electron chi connectivity index (χ3n) is 6.80. The van der Waals surface area contributed by atoms with Crippen LogP contribution in [0.15, 0.2) is 36.0 Å². The van der Waals surface area contributed by atoms with Crippen molar-refractivity contribution >= 4 is 6.08 Å². The van der Waals surface area contributed by atoms with E-state index in [0.29, 0.717) is 0 Å². The van der Waals surface area contributed by atoms with Crippen LogP contribution in [0, 0.1) is 34.9 Å². The van der Waals surface area contributed by atoms with Crippen LogP contribution in [-0.4, -0.2) is 27.8 Å². The SMILES string of the molecule is CC#C[C@@H]1OC2(CCCC3=Cc4c(cnn4-c4ccc(F)cc4)C[C@@]32C)O[C@@H]1C#CC. The number of aromatic nitrogens is 2. The Hall–Kier alpha value is -2.86. The van der Waals surface area contributed by atoms with E-state index in [2.05, 4.69) is 41.8 Å². The van der Waals surface area contributed by atoms with Gasteiger partial charge in [0.25, 0.3) is 0 Å². The van der Waals surface area contributed by atoms with Crippen molar-refractivity contribution in [1.29, 1.82) is 0 Å². The smallest absolute Gasteiger partial charge is 0.181 e. The molecule has 0 N–H and O–H groups in total. The minimum Gasteiger partial charge on any atom is -0.329 e. The second kappa shape index (κ2) is 7.38. The van der Waals surface area contributed by atoms with Gasteiger partial charge in [-0.2, -0.15) is 5.10 Å². The summed E-state index contributed by atoms with van der Waals surface area (Å²) in [5, 5.41) is 4.61. The van der Waals surface area contributed by atoms with Crippen LogP contribution >= 0.6 is 0 Å². The van der Waals surface area contributed by atoms with Crippen LogP contribution in [0.25, 0.3) is 11.8 Å². The molecule has 158 valence electrons. The van der Waals surface area contributed by atoms with Crippen molar-refractivity contribution < 1.29 is 13.9 Å². The van der Waals surface area contributed by atoms with E-state index >= 15 is 0 Å². The fraction of sp³-hybridized carbons (Fsp3) is 0.423. The average Bonchev–Trinajstić information content (AvgIpc) is 3.31. The maximum absolute atomic E-state index is 13.4. The van der Waals surface area contributed by atoms with Crippen LogP contribution in [0.2, 0.25) is 0 Å². The molecule has 1 aliphatic heterocycles. The summed E-state index contributed by atoms with van der Waals surface area (Å²) in [6, 6.07) is 6.43. The van der Waals surface area contributed by atoms with Gasteiger partial charge in [0, 0.05) is 11.8 Å². The summed E-state index contributed by atoms with van der Waals surface area (Å²) in [5.74, 6) is 11.2. The molecule has 5 heteroatoms. The van der Waals surface area contributed by atoms with E-state index in [-0.39, 0.29) is 23.4 Å². The lowest BCUT2D eigenvalue weighted by Crippen LogP contribution is -2.53. The minimum atomic E-state index is -0.754. The lowest BCUT2D eigenvalue weighted by Gasteiger charge is -2.51. The molecular formula is C26H25FN2O2. The van der Waals surface area contributed by atoms with Gasteiger partial charge in [-0.1, -0.05) is 24.3 Å². The molecule has 1 saturated heterocycles. The Morgan fingerprint density at radius 2 is 1.77 bits per heavy atom. The van der Waals surface area contributed by atoms with Crippen molar-refractivity contribution in [1.82, 2.24) is 9.78 Å². The first-order chi connectivity index (χ1) is 15.0. The number of nitrogens with zero attached hydrogens (tertiary/aromatic N) is 2. The van der Waals surface area contributed by atoms with Crippen LogP contribution in [-0.2, 0) is 15.9 Å². The summed E-state index contributed by atoms with van der Waals surface area (Å²) in [4.78, 5) is 0. The van der Waals surface area contributed by atoms with Crippen LogP contribution in [0.1, 0.15) is 51.3 Å². The normalized spacial score (nSPS) is 31.0. The lowest BCUT2D eigenvalue weighted by molar-refractivity contribution is -0.242. The largest absolute Gasteiger partial charge is 0.329 e. The second-order valence-corrected chi connectivity index (χ2v) is 8.59. The predicted molar refractivity (Wildman–Crippen MR) is 117 cm³/mol. The van der Waals surface area contributed by atoms with Gasteiger partial charge in [-0.3, -0.25) is 0 Å². The predicted octanol–water partition coefficient (Wildman–Crippen LogP) is 4.67. The van der Waals surface area contributed by atoms with Crippen LogP contribution < -0.4 is 0 Å². The zero-order valence-electron chi connectivity index (χ0n) is 18.0. The van der Waals surface area contributed by atoms with Gasteiger partial charge < -0.3 is 9.47 Å². The Morgan fingerprint density at radius 1 is 1.10 bits per heavy atom. The fourth-order valence-electron chi connectivity index (χ4n) is 5.24. The number of rotatable bonds is 1. The quantitative estimate of drug-likeness (QED) is 0.634. The van der Waals surface area contributed by atoms with Gasteiger partial charge in [-0.05, 0) is 69.0 Å². The van der Waals surface area contributed by atoms with Crippen molar-refractivity contribution in [3.8, 4) is 29.4 Å². The van der Waals surface area contributed by atoms with Crippen molar-refractivity contribution in [2.24, 2.45) is 5.41 Å². The Bertz CT molecular complexity index is 1140. The van der Waals surface area contributed by atoms with Crippen molar-refractivity contribution in [3.05, 3.63) is 53.1 Å². The highest BCUT2D eigenvalue weighted by atomic mass is 19.1. The molecule has 2 aliphatic carbocycles. The van der Waals surface area contributed by atoms with Gasteiger partial charge in [0.1, 0.15) is 5.82 Å². The highest BCUT2D eigenvalue weighted by Gasteiger charge is 2.61. The van der Waals surface area contributed by atoms with Crippen LogP contribution in [0.4, 0.5) is 4.39 Å². The molecule has 3 aliphatic rings. The molecule has 1 unspecified atom stereocenters. The van der Waals surface area contributed by atoms with Crippen molar-refractivity contribution in [2.75, 3.05) is 0 Å². The molecule has 31 heavy (non-hydrogen) atoms. The first-order valence-electron chi connectivity index (χ1n) is 10.7. The molecule has 0 bridgehead atoms. The molecule has 4 atom stereocenters. The molecule has 0 radical (unpaired) electrons. The highest BCUT2D eigenvalue weighted by molar-refractivity contribution is 5.62. The number of hydrogen-bond donors (Lipinski definition) is 0. The summed E-state index contributed by atoms with van der Waals surface area (Å²) >= 11 is 0. The molecule has 1 spiro atoms. The summed E-state index contributed by atoms with van der Waals surface area (Å²) < 4.78 is 28.4. The first-order valence-corrected chi connectivity index (χ1v) is 10.7. The van der Waals surface area contributed by atoms with Crippen LogP contribution in [0.3, 0.4) is 0 Å². The van der Waals surface area contributed by atoms with E-state index in [1.165, 1.54) is 17.7 Å². The number of fused-ring (bicyclic) bond motifs is 3. The molecule has 1 aromatic heterocycles. The zero-order valence-corrected chi connectivity index (χ0v) is 18.0. The van der Waals surface area contributed by atoms with E-state index < -0.39 is 5.79 Å². The molecule has 2 heterocycles. The minimum absolute atomic E-state index is 0.255. The van der Waals surface area contributed by atoms with Crippen molar-refractivity contribution in [3.63, 3.8) is 0 Å². The molecule has 0 amide bonds. The van der Waals surface area contributed by atoms with Crippen molar-refractivity contribution in [2.45, 2.75) is 64.4 Å². The van der Waals surface area contributed by atoms with E-state index in [1.807, 2.05) is 24.7 Å². The topological polar surface area (TPSA) is 36.3 Å². The fourth-order valence-corrected chi connectivity index (χ4v) is 5.24.